The van der Waals surface area contributed by atoms with Crippen molar-refractivity contribution >= 4 is 45.9 Å². The zero-order valence-corrected chi connectivity index (χ0v) is 27.6. The van der Waals surface area contributed by atoms with Crippen LogP contribution in [0.3, 0.4) is 0 Å². The quantitative estimate of drug-likeness (QED) is 0.147. The van der Waals surface area contributed by atoms with Crippen molar-refractivity contribution in [3.8, 4) is 22.9 Å². The van der Waals surface area contributed by atoms with Crippen molar-refractivity contribution in [3.05, 3.63) is 69.9 Å². The second-order valence-corrected chi connectivity index (χ2v) is 12.2. The number of anilines is 1. The fraction of sp³-hybridized carbons (Fsp3) is 0.344. The molecule has 2 aromatic carbocycles. The van der Waals surface area contributed by atoms with E-state index in [9.17, 15) is 14.4 Å². The van der Waals surface area contributed by atoms with Crippen molar-refractivity contribution < 1.29 is 33.3 Å². The van der Waals surface area contributed by atoms with Crippen LogP contribution in [0.2, 0.25) is 0 Å². The summed E-state index contributed by atoms with van der Waals surface area (Å²) in [5.74, 6) is 0.863. The molecule has 5 rings (SSSR count). The number of rotatable bonds is 13. The molecule has 1 aliphatic carbocycles. The first-order chi connectivity index (χ1) is 22.4. The largest absolute Gasteiger partial charge is 0.495 e. The van der Waals surface area contributed by atoms with Gasteiger partial charge in [0.1, 0.15) is 10.8 Å². The number of fused-ring (bicyclic) bond motifs is 1. The van der Waals surface area contributed by atoms with Gasteiger partial charge in [-0.3, -0.25) is 14.2 Å². The van der Waals surface area contributed by atoms with Crippen LogP contribution in [0.4, 0.5) is 5.00 Å². The first-order valence-corrected chi connectivity index (χ1v) is 16.5. The lowest BCUT2D eigenvalue weighted by Gasteiger charge is -2.14. The molecule has 0 spiro atoms. The molecule has 2 amide bonds. The molecule has 0 unspecified atom stereocenters. The van der Waals surface area contributed by atoms with Crippen molar-refractivity contribution in [2.24, 2.45) is 0 Å². The minimum atomic E-state index is -0.416. The number of ether oxygens (including phenoxy) is 4. The first-order valence-electron chi connectivity index (χ1n) is 14.7. The van der Waals surface area contributed by atoms with Crippen LogP contribution < -0.4 is 24.8 Å². The van der Waals surface area contributed by atoms with Crippen LogP contribution in [0.5, 0.6) is 17.2 Å². The average Bonchev–Trinajstić information content (AvgIpc) is 3.66. The monoisotopic (exact) mass is 665 g/mol. The summed E-state index contributed by atoms with van der Waals surface area (Å²) in [5.41, 5.74) is 2.46. The lowest BCUT2D eigenvalue weighted by Crippen LogP contribution is -2.25. The summed E-state index contributed by atoms with van der Waals surface area (Å²) in [6.45, 7) is 2.05. The van der Waals surface area contributed by atoms with E-state index in [1.54, 1.807) is 42.9 Å². The number of carbonyl (C=O) groups excluding carboxylic acids is 3. The summed E-state index contributed by atoms with van der Waals surface area (Å²) in [4.78, 5) is 40.3. The van der Waals surface area contributed by atoms with Crippen molar-refractivity contribution in [3.63, 3.8) is 0 Å². The molecule has 0 aliphatic heterocycles. The second-order valence-electron chi connectivity index (χ2n) is 10.1. The topological polar surface area (TPSA) is 143 Å². The molecule has 0 saturated carbocycles. The molecule has 46 heavy (non-hydrogen) atoms. The van der Waals surface area contributed by atoms with E-state index in [0.717, 1.165) is 36.1 Å². The van der Waals surface area contributed by atoms with E-state index in [1.807, 2.05) is 18.2 Å². The lowest BCUT2D eigenvalue weighted by molar-refractivity contribution is -0.113. The van der Waals surface area contributed by atoms with Gasteiger partial charge in [0.25, 0.3) is 5.91 Å². The van der Waals surface area contributed by atoms with Crippen LogP contribution in [-0.2, 0) is 28.9 Å². The molecule has 0 atom stereocenters. The van der Waals surface area contributed by atoms with Gasteiger partial charge in [0.05, 0.1) is 51.5 Å². The highest BCUT2D eigenvalue weighted by atomic mass is 32.2. The van der Waals surface area contributed by atoms with Gasteiger partial charge in [-0.2, -0.15) is 0 Å². The van der Waals surface area contributed by atoms with Crippen molar-refractivity contribution in [1.82, 2.24) is 20.1 Å². The van der Waals surface area contributed by atoms with Gasteiger partial charge in [-0.15, -0.1) is 21.5 Å². The number of nitrogens with one attached hydrogen (secondary N) is 2. The Kier molecular flexibility index (Phi) is 10.8. The summed E-state index contributed by atoms with van der Waals surface area (Å²) in [5, 5.41) is 15.5. The number of para-hydroxylation sites is 2. The highest BCUT2D eigenvalue weighted by Crippen LogP contribution is 2.39. The number of aryl methyl sites for hydroxylation is 1. The molecule has 12 nitrogen and oxygen atoms in total. The smallest absolute Gasteiger partial charge is 0.341 e. The Morgan fingerprint density at radius 2 is 1.72 bits per heavy atom. The maximum atomic E-state index is 13.2. The molecular weight excluding hydrogens is 631 g/mol. The number of hydrogen-bond acceptors (Lipinski definition) is 11. The van der Waals surface area contributed by atoms with Gasteiger partial charge >= 0.3 is 5.97 Å². The van der Waals surface area contributed by atoms with Crippen LogP contribution in [0, 0.1) is 0 Å². The van der Waals surface area contributed by atoms with Crippen molar-refractivity contribution in [2.75, 3.05) is 39.0 Å². The number of carbonyl (C=O) groups is 3. The van der Waals surface area contributed by atoms with E-state index in [-0.39, 0.29) is 30.7 Å². The molecule has 0 fully saturated rings. The average molecular weight is 666 g/mol. The molecule has 2 N–H and O–H groups in total. The van der Waals surface area contributed by atoms with Crippen molar-refractivity contribution in [2.45, 2.75) is 44.3 Å². The Balaban J connectivity index is 1.35. The fourth-order valence-corrected chi connectivity index (χ4v) is 7.23. The van der Waals surface area contributed by atoms with Gasteiger partial charge in [0.15, 0.2) is 22.5 Å². The van der Waals surface area contributed by atoms with E-state index in [2.05, 4.69) is 20.8 Å². The molecule has 14 heteroatoms. The molecule has 242 valence electrons. The van der Waals surface area contributed by atoms with Gasteiger partial charge in [0.2, 0.25) is 5.91 Å². The second kappa shape index (κ2) is 15.1. The standard InChI is InChI=1S/C32H35N5O7S2/c1-5-44-31(40)28-20-10-6-9-13-25(20)46-30(28)34-27(38)18-45-32-36-35-26(37(32)21-11-7-8-12-22(21)41-2)17-33-29(39)19-14-15-23(42-3)24(16-19)43-4/h7-8,11-12,14-16H,5-6,9-10,13,17-18H2,1-4H3,(H,33,39)(H,34,38). The van der Waals surface area contributed by atoms with Crippen LogP contribution in [0.1, 0.15) is 56.7 Å². The number of thioether (sulfide) groups is 1. The predicted molar refractivity (Wildman–Crippen MR) is 175 cm³/mol. The molecule has 4 aromatic rings. The van der Waals surface area contributed by atoms with Crippen LogP contribution in [0.15, 0.2) is 47.6 Å². The Morgan fingerprint density at radius 1 is 0.957 bits per heavy atom. The number of benzene rings is 2. The molecule has 0 radical (unpaired) electrons. The number of amides is 2. The van der Waals surface area contributed by atoms with Crippen LogP contribution >= 0.6 is 23.1 Å². The summed E-state index contributed by atoms with van der Waals surface area (Å²) in [6, 6.07) is 12.2. The number of thiophene rings is 1. The number of esters is 1. The number of nitrogens with zero attached hydrogens (tertiary/aromatic N) is 3. The zero-order valence-electron chi connectivity index (χ0n) is 26.0. The molecular formula is C32H35N5O7S2. The minimum absolute atomic E-state index is 0.00385. The van der Waals surface area contributed by atoms with Crippen LogP contribution in [-0.4, -0.2) is 66.2 Å². The SMILES string of the molecule is CCOC(=O)c1c(NC(=O)CSc2nnc(CNC(=O)c3ccc(OC)c(OC)c3)n2-c2ccccc2OC)sc2c1CCCC2. The number of hydrogen-bond donors (Lipinski definition) is 2. The van der Waals surface area contributed by atoms with Crippen LogP contribution in [0.25, 0.3) is 5.69 Å². The van der Waals surface area contributed by atoms with E-state index in [1.165, 1.54) is 37.3 Å². The van der Waals surface area contributed by atoms with E-state index in [0.29, 0.717) is 50.0 Å². The normalized spacial score (nSPS) is 12.2. The zero-order chi connectivity index (χ0) is 32.6. The number of aromatic nitrogens is 3. The highest BCUT2D eigenvalue weighted by Gasteiger charge is 2.28. The molecule has 0 bridgehead atoms. The van der Waals surface area contributed by atoms with Crippen molar-refractivity contribution in [1.29, 1.82) is 0 Å². The molecule has 2 heterocycles. The highest BCUT2D eigenvalue weighted by molar-refractivity contribution is 7.99. The molecule has 2 aromatic heterocycles. The predicted octanol–water partition coefficient (Wildman–Crippen LogP) is 5.07. The van der Waals surface area contributed by atoms with E-state index in [4.69, 9.17) is 18.9 Å². The Hall–Kier alpha value is -4.56. The summed E-state index contributed by atoms with van der Waals surface area (Å²) in [7, 11) is 4.59. The molecule has 1 aliphatic rings. The number of methoxy groups -OCH3 is 3. The minimum Gasteiger partial charge on any atom is -0.495 e. The van der Waals surface area contributed by atoms with Gasteiger partial charge in [0, 0.05) is 10.4 Å². The summed E-state index contributed by atoms with van der Waals surface area (Å²) >= 11 is 2.62. The third kappa shape index (κ3) is 7.12. The van der Waals surface area contributed by atoms with Gasteiger partial charge in [-0.05, 0) is 68.5 Å². The van der Waals surface area contributed by atoms with E-state index < -0.39 is 5.97 Å². The lowest BCUT2D eigenvalue weighted by atomic mass is 9.95. The van der Waals surface area contributed by atoms with E-state index >= 15 is 0 Å². The first kappa shape index (κ1) is 32.8. The Bertz CT molecular complexity index is 1740. The summed E-state index contributed by atoms with van der Waals surface area (Å²) in [6.07, 6.45) is 3.71. The third-order valence-electron chi connectivity index (χ3n) is 7.32. The Labute approximate surface area is 274 Å². The van der Waals surface area contributed by atoms with Gasteiger partial charge < -0.3 is 29.6 Å². The third-order valence-corrected chi connectivity index (χ3v) is 9.45. The summed E-state index contributed by atoms with van der Waals surface area (Å²) < 4.78 is 23.3. The molecule has 0 saturated heterocycles. The van der Waals surface area contributed by atoms with Gasteiger partial charge in [-0.25, -0.2) is 4.79 Å². The maximum absolute atomic E-state index is 13.2. The fourth-order valence-electron chi connectivity index (χ4n) is 5.17. The van der Waals surface area contributed by atoms with Gasteiger partial charge in [-0.1, -0.05) is 23.9 Å². The maximum Gasteiger partial charge on any atom is 0.341 e. The Morgan fingerprint density at radius 3 is 2.48 bits per heavy atom.